The highest BCUT2D eigenvalue weighted by Crippen LogP contribution is 2.47. The number of hydrogen-bond donors (Lipinski definition) is 1. The normalized spacial score (nSPS) is 24.3. The van der Waals surface area contributed by atoms with E-state index >= 15 is 0 Å². The lowest BCUT2D eigenvalue weighted by molar-refractivity contribution is -0.139. The number of carbonyl (C=O) groups excluding carboxylic acids is 2. The van der Waals surface area contributed by atoms with E-state index in [1.165, 1.54) is 14.2 Å². The Hall–Kier alpha value is -2.86. The second kappa shape index (κ2) is 7.17. The van der Waals surface area contributed by atoms with Gasteiger partial charge >= 0.3 is 11.9 Å². The molecule has 1 N–H and O–H groups in total. The van der Waals surface area contributed by atoms with Crippen molar-refractivity contribution in [3.05, 3.63) is 66.3 Å². The first-order chi connectivity index (χ1) is 12.6. The molecule has 2 heterocycles. The standard InChI is InChI=1S/C20H21NO5/c1-4-8-15(21-13-9-6-5-7-10-13)20-12-11-14(26-20)16(18(22)24-2)17(20)19(23)25-3/h4-7,9-12,14-15,21H,1,8H2,2-3H3/t14-,15+,20+/m0/s1. The van der Waals surface area contributed by atoms with Crippen molar-refractivity contribution in [1.29, 1.82) is 0 Å². The number of benzene rings is 1. The van der Waals surface area contributed by atoms with Crippen molar-refractivity contribution in [2.24, 2.45) is 0 Å². The van der Waals surface area contributed by atoms with Crippen LogP contribution in [0.5, 0.6) is 0 Å². The van der Waals surface area contributed by atoms with Gasteiger partial charge in [0.15, 0.2) is 0 Å². The van der Waals surface area contributed by atoms with Crippen LogP contribution in [-0.2, 0) is 23.8 Å². The predicted molar refractivity (Wildman–Crippen MR) is 96.5 cm³/mol. The number of anilines is 1. The van der Waals surface area contributed by atoms with Crippen molar-refractivity contribution in [2.45, 2.75) is 24.2 Å². The Labute approximate surface area is 152 Å². The van der Waals surface area contributed by atoms with Gasteiger partial charge in [-0.15, -0.1) is 6.58 Å². The Morgan fingerprint density at radius 2 is 1.96 bits per heavy atom. The molecule has 0 saturated heterocycles. The number of carbonyl (C=O) groups is 2. The number of fused-ring (bicyclic) bond motifs is 2. The molecule has 0 amide bonds. The topological polar surface area (TPSA) is 73.9 Å². The number of para-hydroxylation sites is 1. The zero-order valence-corrected chi connectivity index (χ0v) is 14.7. The van der Waals surface area contributed by atoms with E-state index in [1.807, 2.05) is 30.3 Å². The van der Waals surface area contributed by atoms with E-state index in [4.69, 9.17) is 14.2 Å². The van der Waals surface area contributed by atoms with Gasteiger partial charge in [0, 0.05) is 5.69 Å². The van der Waals surface area contributed by atoms with Gasteiger partial charge in [-0.25, -0.2) is 9.59 Å². The lowest BCUT2D eigenvalue weighted by Crippen LogP contribution is -2.48. The van der Waals surface area contributed by atoms with Crippen LogP contribution in [0, 0.1) is 0 Å². The van der Waals surface area contributed by atoms with Gasteiger partial charge in [0.05, 0.1) is 31.4 Å². The van der Waals surface area contributed by atoms with Crippen LogP contribution in [0.25, 0.3) is 0 Å². The van der Waals surface area contributed by atoms with Gasteiger partial charge in [-0.3, -0.25) is 0 Å². The fraction of sp³-hybridized carbons (Fsp3) is 0.300. The summed E-state index contributed by atoms with van der Waals surface area (Å²) >= 11 is 0. The van der Waals surface area contributed by atoms with Gasteiger partial charge in [0.25, 0.3) is 0 Å². The lowest BCUT2D eigenvalue weighted by Gasteiger charge is -2.35. The van der Waals surface area contributed by atoms with Gasteiger partial charge in [-0.05, 0) is 24.6 Å². The third-order valence-corrected chi connectivity index (χ3v) is 4.61. The van der Waals surface area contributed by atoms with Gasteiger partial charge < -0.3 is 19.5 Å². The fourth-order valence-electron chi connectivity index (χ4n) is 3.48. The molecular weight excluding hydrogens is 334 g/mol. The molecule has 0 aromatic heterocycles. The Kier molecular flexibility index (Phi) is 4.95. The molecule has 0 fully saturated rings. The molecule has 0 spiro atoms. The second-order valence-electron chi connectivity index (χ2n) is 6.05. The van der Waals surface area contributed by atoms with Crippen molar-refractivity contribution >= 4 is 17.6 Å². The van der Waals surface area contributed by atoms with E-state index in [2.05, 4.69) is 11.9 Å². The Morgan fingerprint density at radius 3 is 2.58 bits per heavy atom. The number of rotatable bonds is 7. The van der Waals surface area contributed by atoms with Crippen LogP contribution in [-0.4, -0.2) is 43.9 Å². The summed E-state index contributed by atoms with van der Waals surface area (Å²) in [7, 11) is 2.55. The van der Waals surface area contributed by atoms with Crippen LogP contribution in [0.2, 0.25) is 0 Å². The Morgan fingerprint density at radius 1 is 1.27 bits per heavy atom. The highest BCUT2D eigenvalue weighted by molar-refractivity contribution is 6.05. The molecule has 1 aromatic carbocycles. The van der Waals surface area contributed by atoms with Gasteiger partial charge in [-0.2, -0.15) is 0 Å². The summed E-state index contributed by atoms with van der Waals surface area (Å²) in [5.41, 5.74) is 0.0935. The molecule has 2 aliphatic rings. The molecule has 6 heteroatoms. The van der Waals surface area contributed by atoms with Crippen molar-refractivity contribution < 1.29 is 23.8 Å². The summed E-state index contributed by atoms with van der Waals surface area (Å²) < 4.78 is 15.9. The number of ether oxygens (including phenoxy) is 3. The van der Waals surface area contributed by atoms with Crippen LogP contribution >= 0.6 is 0 Å². The summed E-state index contributed by atoms with van der Waals surface area (Å²) in [6.45, 7) is 3.81. The van der Waals surface area contributed by atoms with Gasteiger partial charge in [-0.1, -0.05) is 30.4 Å². The molecular formula is C20H21NO5. The molecule has 0 radical (unpaired) electrons. The maximum absolute atomic E-state index is 12.5. The second-order valence-corrected chi connectivity index (χ2v) is 6.05. The lowest BCUT2D eigenvalue weighted by atomic mass is 9.80. The predicted octanol–water partition coefficient (Wildman–Crippen LogP) is 2.39. The molecule has 0 saturated carbocycles. The van der Waals surface area contributed by atoms with Crippen molar-refractivity contribution in [2.75, 3.05) is 19.5 Å². The van der Waals surface area contributed by atoms with E-state index in [9.17, 15) is 9.59 Å². The fourth-order valence-corrected chi connectivity index (χ4v) is 3.48. The molecule has 0 unspecified atom stereocenters. The number of esters is 2. The zero-order chi connectivity index (χ0) is 18.7. The van der Waals surface area contributed by atoms with E-state index in [0.717, 1.165) is 5.69 Å². The molecule has 136 valence electrons. The van der Waals surface area contributed by atoms with Crippen LogP contribution in [0.3, 0.4) is 0 Å². The minimum absolute atomic E-state index is 0.176. The van der Waals surface area contributed by atoms with Gasteiger partial charge in [0.1, 0.15) is 11.7 Å². The van der Waals surface area contributed by atoms with Crippen LogP contribution in [0.1, 0.15) is 6.42 Å². The first kappa shape index (κ1) is 17.9. The summed E-state index contributed by atoms with van der Waals surface area (Å²) in [4.78, 5) is 24.8. The summed E-state index contributed by atoms with van der Waals surface area (Å²) in [6.07, 6.45) is 5.18. The number of hydrogen-bond acceptors (Lipinski definition) is 6. The van der Waals surface area contributed by atoms with Crippen LogP contribution in [0.15, 0.2) is 66.3 Å². The van der Waals surface area contributed by atoms with Crippen molar-refractivity contribution in [3.8, 4) is 0 Å². The maximum atomic E-state index is 12.5. The quantitative estimate of drug-likeness (QED) is 0.598. The smallest absolute Gasteiger partial charge is 0.337 e. The molecule has 1 aromatic rings. The third-order valence-electron chi connectivity index (χ3n) is 4.61. The molecule has 3 atom stereocenters. The minimum Gasteiger partial charge on any atom is -0.466 e. The van der Waals surface area contributed by atoms with Crippen LogP contribution in [0.4, 0.5) is 5.69 Å². The van der Waals surface area contributed by atoms with E-state index in [0.29, 0.717) is 6.42 Å². The Balaban J connectivity index is 2.07. The van der Waals surface area contributed by atoms with E-state index < -0.39 is 23.6 Å². The van der Waals surface area contributed by atoms with Gasteiger partial charge in [0.2, 0.25) is 0 Å². The Bertz CT molecular complexity index is 783. The first-order valence-corrected chi connectivity index (χ1v) is 8.28. The molecule has 6 nitrogen and oxygen atoms in total. The first-order valence-electron chi connectivity index (χ1n) is 8.28. The third kappa shape index (κ3) is 2.82. The molecule has 26 heavy (non-hydrogen) atoms. The summed E-state index contributed by atoms with van der Waals surface area (Å²) in [5, 5.41) is 3.39. The summed E-state index contributed by atoms with van der Waals surface area (Å²) in [6, 6.07) is 9.20. The number of methoxy groups -OCH3 is 2. The highest BCUT2D eigenvalue weighted by Gasteiger charge is 2.58. The molecule has 2 bridgehead atoms. The molecule has 3 rings (SSSR count). The average molecular weight is 355 g/mol. The van der Waals surface area contributed by atoms with Crippen LogP contribution < -0.4 is 5.32 Å². The largest absolute Gasteiger partial charge is 0.466 e. The highest BCUT2D eigenvalue weighted by atomic mass is 16.6. The minimum atomic E-state index is -1.13. The zero-order valence-electron chi connectivity index (χ0n) is 14.7. The van der Waals surface area contributed by atoms with Crippen molar-refractivity contribution in [1.82, 2.24) is 0 Å². The maximum Gasteiger partial charge on any atom is 0.337 e. The van der Waals surface area contributed by atoms with E-state index in [1.54, 1.807) is 18.2 Å². The van der Waals surface area contributed by atoms with Crippen molar-refractivity contribution in [3.63, 3.8) is 0 Å². The monoisotopic (exact) mass is 355 g/mol. The molecule has 2 aliphatic heterocycles. The average Bonchev–Trinajstić information content (AvgIpc) is 3.25. The SMILES string of the molecule is C=CC[C@@H](Nc1ccccc1)[C@@]12C=C[C@H](O1)C(C(=O)OC)=C2C(=O)OC. The molecule has 0 aliphatic carbocycles. The summed E-state index contributed by atoms with van der Waals surface area (Å²) in [5.74, 6) is -1.21. The number of nitrogens with one attached hydrogen (secondary N) is 1. The van der Waals surface area contributed by atoms with E-state index in [-0.39, 0.29) is 17.2 Å².